The molecule has 108 valence electrons. The lowest BCUT2D eigenvalue weighted by atomic mass is 9.64. The van der Waals surface area contributed by atoms with Crippen molar-refractivity contribution in [2.45, 2.75) is 58.8 Å². The molecule has 0 bridgehead atoms. The van der Waals surface area contributed by atoms with Crippen LogP contribution in [-0.2, 0) is 17.6 Å². The van der Waals surface area contributed by atoms with E-state index in [1.807, 2.05) is 0 Å². The first-order valence-corrected chi connectivity index (χ1v) is 8.18. The Morgan fingerprint density at radius 3 is 2.60 bits per heavy atom. The molecular formula is C19H26O. The highest BCUT2D eigenvalue weighted by Crippen LogP contribution is 2.43. The zero-order valence-electron chi connectivity index (χ0n) is 12.8. The Bertz CT molecular complexity index is 500. The van der Waals surface area contributed by atoms with Crippen molar-refractivity contribution in [1.29, 1.82) is 0 Å². The molecule has 1 aromatic carbocycles. The molecule has 20 heavy (non-hydrogen) atoms. The molecule has 0 aliphatic heterocycles. The topological polar surface area (TPSA) is 17.1 Å². The van der Waals surface area contributed by atoms with Crippen molar-refractivity contribution >= 4 is 5.78 Å². The van der Waals surface area contributed by atoms with Crippen molar-refractivity contribution in [3.05, 3.63) is 35.4 Å². The molecule has 1 heteroatoms. The van der Waals surface area contributed by atoms with Gasteiger partial charge in [0.25, 0.3) is 0 Å². The molecular weight excluding hydrogens is 244 g/mol. The normalized spacial score (nSPS) is 28.7. The predicted molar refractivity (Wildman–Crippen MR) is 82.7 cm³/mol. The molecule has 2 atom stereocenters. The first kappa shape index (κ1) is 13.9. The number of carbonyl (C=O) groups is 1. The van der Waals surface area contributed by atoms with Gasteiger partial charge >= 0.3 is 0 Å². The van der Waals surface area contributed by atoms with Gasteiger partial charge in [0.2, 0.25) is 0 Å². The lowest BCUT2D eigenvalue weighted by Crippen LogP contribution is -2.39. The van der Waals surface area contributed by atoms with Crippen molar-refractivity contribution in [3.63, 3.8) is 0 Å². The summed E-state index contributed by atoms with van der Waals surface area (Å²) in [6.45, 7) is 4.59. The maximum Gasteiger partial charge on any atom is 0.139 e. The Kier molecular flexibility index (Phi) is 3.70. The lowest BCUT2D eigenvalue weighted by Gasteiger charge is -2.40. The number of benzene rings is 1. The Hall–Kier alpha value is -1.11. The summed E-state index contributed by atoms with van der Waals surface area (Å²) >= 11 is 0. The number of ketones is 1. The molecule has 0 radical (unpaired) electrons. The van der Waals surface area contributed by atoms with Crippen molar-refractivity contribution in [2.75, 3.05) is 0 Å². The summed E-state index contributed by atoms with van der Waals surface area (Å²) in [5.41, 5.74) is 3.08. The second-order valence-corrected chi connectivity index (χ2v) is 7.40. The number of hydrogen-bond acceptors (Lipinski definition) is 1. The molecule has 1 saturated carbocycles. The summed E-state index contributed by atoms with van der Waals surface area (Å²) in [7, 11) is 0. The maximum atomic E-state index is 13.0. The summed E-state index contributed by atoms with van der Waals surface area (Å²) in [6, 6.07) is 8.66. The molecule has 0 aromatic heterocycles. The molecule has 0 heterocycles. The average molecular weight is 270 g/mol. The van der Waals surface area contributed by atoms with Crippen LogP contribution in [0.3, 0.4) is 0 Å². The number of rotatable bonds is 2. The minimum absolute atomic E-state index is 0.215. The fourth-order valence-electron chi connectivity index (χ4n) is 4.25. The second-order valence-electron chi connectivity index (χ2n) is 7.40. The Balaban J connectivity index is 1.76. The van der Waals surface area contributed by atoms with Crippen LogP contribution in [0.15, 0.2) is 24.3 Å². The van der Waals surface area contributed by atoms with E-state index in [0.717, 1.165) is 25.7 Å². The van der Waals surface area contributed by atoms with Crippen LogP contribution < -0.4 is 0 Å². The third-order valence-electron chi connectivity index (χ3n) is 5.60. The summed E-state index contributed by atoms with van der Waals surface area (Å²) in [6.07, 6.45) is 7.98. The maximum absolute atomic E-state index is 13.0. The largest absolute Gasteiger partial charge is 0.299 e. The van der Waals surface area contributed by atoms with Gasteiger partial charge in [0.05, 0.1) is 0 Å². The average Bonchev–Trinajstić information content (AvgIpc) is 2.45. The molecule has 1 aromatic rings. The van der Waals surface area contributed by atoms with Gasteiger partial charge in [-0.25, -0.2) is 0 Å². The van der Waals surface area contributed by atoms with Gasteiger partial charge in [-0.15, -0.1) is 0 Å². The number of hydrogen-bond donors (Lipinski definition) is 0. The van der Waals surface area contributed by atoms with Gasteiger partial charge in [0, 0.05) is 11.8 Å². The highest BCUT2D eigenvalue weighted by molar-refractivity contribution is 5.84. The summed E-state index contributed by atoms with van der Waals surface area (Å²) in [5, 5.41) is 0. The third-order valence-corrected chi connectivity index (χ3v) is 5.60. The number of carbonyl (C=O) groups excluding carboxylic acids is 1. The number of aryl methyl sites for hydroxylation is 1. The lowest BCUT2D eigenvalue weighted by molar-refractivity contribution is -0.132. The molecule has 2 aliphatic rings. The van der Waals surface area contributed by atoms with E-state index in [0.29, 0.717) is 11.7 Å². The smallest absolute Gasteiger partial charge is 0.139 e. The monoisotopic (exact) mass is 270 g/mol. The molecule has 0 N–H and O–H groups in total. The zero-order valence-corrected chi connectivity index (χ0v) is 12.8. The van der Waals surface area contributed by atoms with Crippen LogP contribution in [0.4, 0.5) is 0 Å². The molecule has 0 spiro atoms. The van der Waals surface area contributed by atoms with E-state index in [2.05, 4.69) is 38.1 Å². The van der Waals surface area contributed by atoms with Crippen molar-refractivity contribution in [2.24, 2.45) is 17.3 Å². The van der Waals surface area contributed by atoms with E-state index in [1.54, 1.807) is 0 Å². The molecule has 1 fully saturated rings. The first-order chi connectivity index (χ1) is 9.58. The Morgan fingerprint density at radius 2 is 1.85 bits per heavy atom. The minimum Gasteiger partial charge on any atom is -0.299 e. The molecule has 0 amide bonds. The first-order valence-electron chi connectivity index (χ1n) is 8.18. The summed E-state index contributed by atoms with van der Waals surface area (Å²) in [4.78, 5) is 13.0. The van der Waals surface area contributed by atoms with Gasteiger partial charge in [-0.3, -0.25) is 4.79 Å². The zero-order chi connectivity index (χ0) is 14.2. The van der Waals surface area contributed by atoms with Crippen LogP contribution in [0.5, 0.6) is 0 Å². The van der Waals surface area contributed by atoms with Gasteiger partial charge in [0.15, 0.2) is 0 Å². The standard InChI is InChI=1S/C19H26O/c1-19(2)12-6-5-9-17(19)18(20)16-11-10-14-7-3-4-8-15(14)13-16/h3-4,7-8,16-17H,5-6,9-13H2,1-2H3. The van der Waals surface area contributed by atoms with Crippen LogP contribution in [0.25, 0.3) is 0 Å². The van der Waals surface area contributed by atoms with E-state index in [-0.39, 0.29) is 11.3 Å². The van der Waals surface area contributed by atoms with Crippen LogP contribution >= 0.6 is 0 Å². The van der Waals surface area contributed by atoms with E-state index in [1.165, 1.54) is 30.4 Å². The third kappa shape index (κ3) is 2.55. The van der Waals surface area contributed by atoms with E-state index >= 15 is 0 Å². The van der Waals surface area contributed by atoms with Gasteiger partial charge in [-0.05, 0) is 48.6 Å². The van der Waals surface area contributed by atoms with E-state index in [9.17, 15) is 4.79 Å². The Morgan fingerprint density at radius 1 is 1.10 bits per heavy atom. The molecule has 0 saturated heterocycles. The number of Topliss-reactive ketones (excluding diaryl/α,β-unsaturated/α-hetero) is 1. The van der Waals surface area contributed by atoms with Gasteiger partial charge in [0.1, 0.15) is 5.78 Å². The molecule has 1 nitrogen and oxygen atoms in total. The fraction of sp³-hybridized carbons (Fsp3) is 0.632. The highest BCUT2D eigenvalue weighted by atomic mass is 16.1. The second kappa shape index (κ2) is 5.35. The van der Waals surface area contributed by atoms with Crippen LogP contribution in [0, 0.1) is 17.3 Å². The van der Waals surface area contributed by atoms with Gasteiger partial charge in [-0.1, -0.05) is 51.0 Å². The molecule has 3 rings (SSSR count). The summed E-state index contributed by atoms with van der Waals surface area (Å²) < 4.78 is 0. The minimum atomic E-state index is 0.215. The quantitative estimate of drug-likeness (QED) is 0.769. The van der Waals surface area contributed by atoms with Crippen LogP contribution in [0.1, 0.15) is 57.1 Å². The van der Waals surface area contributed by atoms with Crippen molar-refractivity contribution in [3.8, 4) is 0 Å². The van der Waals surface area contributed by atoms with E-state index in [4.69, 9.17) is 0 Å². The van der Waals surface area contributed by atoms with E-state index < -0.39 is 0 Å². The van der Waals surface area contributed by atoms with Crippen LogP contribution in [0.2, 0.25) is 0 Å². The van der Waals surface area contributed by atoms with Gasteiger partial charge in [-0.2, -0.15) is 0 Å². The fourth-order valence-corrected chi connectivity index (χ4v) is 4.25. The highest BCUT2D eigenvalue weighted by Gasteiger charge is 2.40. The van der Waals surface area contributed by atoms with Crippen molar-refractivity contribution in [1.82, 2.24) is 0 Å². The molecule has 2 aliphatic carbocycles. The van der Waals surface area contributed by atoms with Gasteiger partial charge < -0.3 is 0 Å². The number of fused-ring (bicyclic) bond motifs is 1. The molecule has 2 unspecified atom stereocenters. The SMILES string of the molecule is CC1(C)CCCCC1C(=O)C1CCc2ccccc2C1. The van der Waals surface area contributed by atoms with Crippen LogP contribution in [-0.4, -0.2) is 5.78 Å². The summed E-state index contributed by atoms with van der Waals surface area (Å²) in [5.74, 6) is 1.13. The predicted octanol–water partition coefficient (Wildman–Crippen LogP) is 4.58. The van der Waals surface area contributed by atoms with Crippen molar-refractivity contribution < 1.29 is 4.79 Å². The Labute approximate surface area is 122 Å².